The quantitative estimate of drug-likeness (QED) is 0.665. The Bertz CT molecular complexity index is 688. The van der Waals surface area contributed by atoms with E-state index >= 15 is 0 Å². The Morgan fingerprint density at radius 3 is 2.36 bits per heavy atom. The highest BCUT2D eigenvalue weighted by Gasteiger charge is 2.29. The van der Waals surface area contributed by atoms with E-state index in [1.807, 2.05) is 0 Å². The van der Waals surface area contributed by atoms with Gasteiger partial charge in [0.15, 0.2) is 0 Å². The van der Waals surface area contributed by atoms with Gasteiger partial charge in [0.05, 0.1) is 10.5 Å². The minimum Gasteiger partial charge on any atom is -0.367 e. The lowest BCUT2D eigenvalue weighted by Gasteiger charge is -2.09. The Labute approximate surface area is 122 Å². The Hall–Kier alpha value is -2.91. The summed E-state index contributed by atoms with van der Waals surface area (Å²) in [7, 11) is 1.46. The van der Waals surface area contributed by atoms with Crippen molar-refractivity contribution in [2.45, 2.75) is 6.18 Å². The van der Waals surface area contributed by atoms with Gasteiger partial charge in [-0.3, -0.25) is 10.1 Å². The lowest BCUT2D eigenvalue weighted by atomic mass is 10.2. The lowest BCUT2D eigenvalue weighted by molar-refractivity contribution is -0.384. The topological polar surface area (TPSA) is 93.0 Å². The van der Waals surface area contributed by atoms with Crippen LogP contribution in [0.1, 0.15) is 5.56 Å². The number of rotatable bonds is 4. The van der Waals surface area contributed by atoms with Gasteiger partial charge in [-0.05, 0) is 24.3 Å². The molecule has 0 unspecified atom stereocenters. The van der Waals surface area contributed by atoms with E-state index in [9.17, 15) is 23.3 Å². The van der Waals surface area contributed by atoms with E-state index in [0.717, 1.165) is 18.3 Å². The third-order valence-electron chi connectivity index (χ3n) is 2.67. The van der Waals surface area contributed by atoms with Crippen LogP contribution >= 0.6 is 0 Å². The highest BCUT2D eigenvalue weighted by Crippen LogP contribution is 2.30. The van der Waals surface area contributed by atoms with Crippen LogP contribution in [0.4, 0.5) is 36.3 Å². The molecular weight excluding hydrogens is 303 g/mol. The standard InChI is InChI=1S/C12H10F3N5O2/c1-16-10-9(20(21)22)6-17-11(19-10)18-8-4-2-7(3-5-8)12(13,14)15/h2-6H,1H3,(H2,16,17,18,19). The van der Waals surface area contributed by atoms with E-state index in [-0.39, 0.29) is 17.5 Å². The van der Waals surface area contributed by atoms with Crippen LogP contribution in [0.2, 0.25) is 0 Å². The van der Waals surface area contributed by atoms with Gasteiger partial charge in [-0.25, -0.2) is 4.98 Å². The second-order valence-electron chi connectivity index (χ2n) is 4.13. The number of aromatic nitrogens is 2. The molecular formula is C12H10F3N5O2. The first kappa shape index (κ1) is 15.5. The fraction of sp³-hybridized carbons (Fsp3) is 0.167. The zero-order chi connectivity index (χ0) is 16.3. The predicted octanol–water partition coefficient (Wildman–Crippen LogP) is 3.19. The van der Waals surface area contributed by atoms with Gasteiger partial charge in [-0.15, -0.1) is 0 Å². The molecule has 2 N–H and O–H groups in total. The van der Waals surface area contributed by atoms with Gasteiger partial charge in [-0.1, -0.05) is 0 Å². The van der Waals surface area contributed by atoms with Gasteiger partial charge in [0.2, 0.25) is 11.8 Å². The van der Waals surface area contributed by atoms with E-state index in [2.05, 4.69) is 20.6 Å². The first-order valence-electron chi connectivity index (χ1n) is 5.94. The maximum Gasteiger partial charge on any atom is 0.416 e. The third kappa shape index (κ3) is 3.40. The number of nitrogens with zero attached hydrogens (tertiary/aromatic N) is 3. The zero-order valence-corrected chi connectivity index (χ0v) is 11.2. The number of nitro groups is 1. The second kappa shape index (κ2) is 5.84. The maximum atomic E-state index is 12.4. The molecule has 0 bridgehead atoms. The normalized spacial score (nSPS) is 11.1. The van der Waals surface area contributed by atoms with Gasteiger partial charge in [0.1, 0.15) is 6.20 Å². The molecule has 0 amide bonds. The Kier molecular flexibility index (Phi) is 4.11. The summed E-state index contributed by atoms with van der Waals surface area (Å²) < 4.78 is 37.3. The molecule has 7 nitrogen and oxygen atoms in total. The summed E-state index contributed by atoms with van der Waals surface area (Å²) in [5.74, 6) is 0.0177. The number of benzene rings is 1. The number of hydrogen-bond acceptors (Lipinski definition) is 6. The van der Waals surface area contributed by atoms with E-state index in [1.54, 1.807) is 0 Å². The summed E-state index contributed by atoms with van der Waals surface area (Å²) in [6.45, 7) is 0. The monoisotopic (exact) mass is 313 g/mol. The van der Waals surface area contributed by atoms with E-state index < -0.39 is 16.7 Å². The number of anilines is 3. The summed E-state index contributed by atoms with van der Waals surface area (Å²) in [6, 6.07) is 4.25. The van der Waals surface area contributed by atoms with Crippen molar-refractivity contribution >= 4 is 23.1 Å². The van der Waals surface area contributed by atoms with Gasteiger partial charge >= 0.3 is 11.9 Å². The van der Waals surface area contributed by atoms with Crippen LogP contribution in [-0.2, 0) is 6.18 Å². The number of alkyl halides is 3. The Morgan fingerprint density at radius 1 is 1.23 bits per heavy atom. The van der Waals surface area contributed by atoms with Crippen molar-refractivity contribution in [2.75, 3.05) is 17.7 Å². The average molecular weight is 313 g/mol. The first-order valence-corrected chi connectivity index (χ1v) is 5.94. The molecule has 0 aliphatic heterocycles. The summed E-state index contributed by atoms with van der Waals surface area (Å²) in [5.41, 5.74) is -0.761. The molecule has 116 valence electrons. The first-order chi connectivity index (χ1) is 10.3. The molecule has 1 aromatic carbocycles. The second-order valence-corrected chi connectivity index (χ2v) is 4.13. The molecule has 1 heterocycles. The molecule has 0 atom stereocenters. The highest BCUT2D eigenvalue weighted by molar-refractivity contribution is 5.60. The molecule has 1 aromatic heterocycles. The fourth-order valence-electron chi connectivity index (χ4n) is 1.62. The van der Waals surface area contributed by atoms with Crippen LogP contribution in [0.5, 0.6) is 0 Å². The maximum absolute atomic E-state index is 12.4. The predicted molar refractivity (Wildman–Crippen MR) is 73.0 cm³/mol. The van der Waals surface area contributed by atoms with Crippen molar-refractivity contribution in [3.05, 3.63) is 46.1 Å². The molecule has 0 aliphatic carbocycles. The molecule has 0 saturated carbocycles. The van der Waals surface area contributed by atoms with Crippen molar-refractivity contribution in [1.29, 1.82) is 0 Å². The van der Waals surface area contributed by atoms with Crippen LogP contribution in [-0.4, -0.2) is 21.9 Å². The average Bonchev–Trinajstić information content (AvgIpc) is 2.46. The zero-order valence-electron chi connectivity index (χ0n) is 11.2. The van der Waals surface area contributed by atoms with Crippen molar-refractivity contribution in [1.82, 2.24) is 9.97 Å². The van der Waals surface area contributed by atoms with Crippen LogP contribution < -0.4 is 10.6 Å². The number of hydrogen-bond donors (Lipinski definition) is 2. The van der Waals surface area contributed by atoms with E-state index in [1.165, 1.54) is 19.2 Å². The molecule has 0 radical (unpaired) electrons. The molecule has 10 heteroatoms. The van der Waals surface area contributed by atoms with Crippen molar-refractivity contribution < 1.29 is 18.1 Å². The molecule has 0 saturated heterocycles. The molecule has 0 spiro atoms. The Balaban J connectivity index is 2.22. The van der Waals surface area contributed by atoms with Gasteiger partial charge in [-0.2, -0.15) is 18.2 Å². The van der Waals surface area contributed by atoms with Crippen LogP contribution in [0, 0.1) is 10.1 Å². The summed E-state index contributed by atoms with van der Waals surface area (Å²) in [5, 5.41) is 16.0. The SMILES string of the molecule is CNc1nc(Nc2ccc(C(F)(F)F)cc2)ncc1[N+](=O)[O-]. The largest absolute Gasteiger partial charge is 0.416 e. The molecule has 0 fully saturated rings. The number of nitrogens with one attached hydrogen (secondary N) is 2. The highest BCUT2D eigenvalue weighted by atomic mass is 19.4. The van der Waals surface area contributed by atoms with Crippen LogP contribution in [0.25, 0.3) is 0 Å². The van der Waals surface area contributed by atoms with Crippen LogP contribution in [0.3, 0.4) is 0 Å². The molecule has 2 aromatic rings. The Morgan fingerprint density at radius 2 is 1.86 bits per heavy atom. The van der Waals surface area contributed by atoms with Crippen molar-refractivity contribution in [2.24, 2.45) is 0 Å². The third-order valence-corrected chi connectivity index (χ3v) is 2.67. The van der Waals surface area contributed by atoms with Gasteiger partial charge in [0.25, 0.3) is 0 Å². The smallest absolute Gasteiger partial charge is 0.367 e. The van der Waals surface area contributed by atoms with Crippen LogP contribution in [0.15, 0.2) is 30.5 Å². The molecule has 22 heavy (non-hydrogen) atoms. The summed E-state index contributed by atoms with van der Waals surface area (Å²) in [6.07, 6.45) is -3.41. The summed E-state index contributed by atoms with van der Waals surface area (Å²) >= 11 is 0. The van der Waals surface area contributed by atoms with Gasteiger partial charge < -0.3 is 10.6 Å². The lowest BCUT2D eigenvalue weighted by Crippen LogP contribution is -2.06. The molecule has 2 rings (SSSR count). The molecule has 0 aliphatic rings. The minimum absolute atomic E-state index is 0.00517. The minimum atomic E-state index is -4.41. The van der Waals surface area contributed by atoms with Crippen molar-refractivity contribution in [3.8, 4) is 0 Å². The van der Waals surface area contributed by atoms with E-state index in [4.69, 9.17) is 0 Å². The fourth-order valence-corrected chi connectivity index (χ4v) is 1.62. The number of halogens is 3. The summed E-state index contributed by atoms with van der Waals surface area (Å²) in [4.78, 5) is 17.7. The van der Waals surface area contributed by atoms with Crippen molar-refractivity contribution in [3.63, 3.8) is 0 Å². The van der Waals surface area contributed by atoms with E-state index in [0.29, 0.717) is 5.69 Å². The van der Waals surface area contributed by atoms with Gasteiger partial charge in [0, 0.05) is 12.7 Å².